The van der Waals surface area contributed by atoms with Crippen LogP contribution in [-0.2, 0) is 14.8 Å². The summed E-state index contributed by atoms with van der Waals surface area (Å²) in [6.45, 7) is 2.24. The van der Waals surface area contributed by atoms with Crippen LogP contribution < -0.4 is 0 Å². The maximum atomic E-state index is 12.7. The number of carbonyl (C=O) groups excluding carboxylic acids is 1. The van der Waals surface area contributed by atoms with Gasteiger partial charge in [0.05, 0.1) is 10.3 Å². The number of sulfonamides is 1. The molecule has 1 heterocycles. The predicted octanol–water partition coefficient (Wildman–Crippen LogP) is 2.87. The molecule has 0 unspecified atom stereocenters. The van der Waals surface area contributed by atoms with Crippen LogP contribution in [0.5, 0.6) is 0 Å². The molecule has 1 saturated carbocycles. The third-order valence-corrected chi connectivity index (χ3v) is 6.69. The molecule has 2 fully saturated rings. The van der Waals surface area contributed by atoms with Gasteiger partial charge >= 0.3 is 0 Å². The van der Waals surface area contributed by atoms with Crippen LogP contribution in [0.4, 0.5) is 0 Å². The van der Waals surface area contributed by atoms with E-state index in [1.54, 1.807) is 24.3 Å². The van der Waals surface area contributed by atoms with Gasteiger partial charge in [0.15, 0.2) is 0 Å². The van der Waals surface area contributed by atoms with E-state index in [0.29, 0.717) is 13.0 Å². The normalized spacial score (nSPS) is 22.0. The Morgan fingerprint density at radius 3 is 2.24 bits per heavy atom. The van der Waals surface area contributed by atoms with Gasteiger partial charge in [-0.2, -0.15) is 0 Å². The van der Waals surface area contributed by atoms with Crippen LogP contribution in [0.2, 0.25) is 0 Å². The van der Waals surface area contributed by atoms with Gasteiger partial charge in [-0.05, 0) is 38.3 Å². The molecular formula is C16H21NO3S. The van der Waals surface area contributed by atoms with Crippen LogP contribution in [0.25, 0.3) is 0 Å². The monoisotopic (exact) mass is 307 g/mol. The first kappa shape index (κ1) is 14.6. The number of carbonyl (C=O) groups is 1. The molecule has 1 aliphatic carbocycles. The number of aryl methyl sites for hydroxylation is 1. The molecule has 1 amide bonds. The number of rotatable bonds is 2. The fourth-order valence-electron chi connectivity index (χ4n) is 3.55. The molecule has 1 aliphatic heterocycles. The Kier molecular flexibility index (Phi) is 3.56. The average Bonchev–Trinajstić information content (AvgIpc) is 2.78. The second-order valence-corrected chi connectivity index (χ2v) is 8.15. The van der Waals surface area contributed by atoms with Gasteiger partial charge in [0.2, 0.25) is 5.91 Å². The topological polar surface area (TPSA) is 54.5 Å². The van der Waals surface area contributed by atoms with Crippen molar-refractivity contribution in [3.63, 3.8) is 0 Å². The summed E-state index contributed by atoms with van der Waals surface area (Å²) >= 11 is 0. The van der Waals surface area contributed by atoms with Crippen molar-refractivity contribution in [3.05, 3.63) is 29.8 Å². The van der Waals surface area contributed by atoms with Crippen LogP contribution in [0, 0.1) is 12.3 Å². The Balaban J connectivity index is 1.90. The Morgan fingerprint density at radius 2 is 1.62 bits per heavy atom. The quantitative estimate of drug-likeness (QED) is 0.844. The average molecular weight is 307 g/mol. The van der Waals surface area contributed by atoms with E-state index in [1.807, 2.05) is 6.92 Å². The highest BCUT2D eigenvalue weighted by atomic mass is 32.2. The van der Waals surface area contributed by atoms with E-state index in [1.165, 1.54) is 0 Å². The summed E-state index contributed by atoms with van der Waals surface area (Å²) in [4.78, 5) is 12.9. The van der Waals surface area contributed by atoms with Crippen molar-refractivity contribution < 1.29 is 13.2 Å². The third-order valence-electron chi connectivity index (χ3n) is 4.89. The smallest absolute Gasteiger partial charge is 0.266 e. The van der Waals surface area contributed by atoms with Crippen LogP contribution >= 0.6 is 0 Å². The van der Waals surface area contributed by atoms with Crippen molar-refractivity contribution in [3.8, 4) is 0 Å². The summed E-state index contributed by atoms with van der Waals surface area (Å²) in [7, 11) is -3.70. The SMILES string of the molecule is Cc1ccc(S(=O)(=O)N2CCC3(CCCCC3)C2=O)cc1. The van der Waals surface area contributed by atoms with E-state index >= 15 is 0 Å². The first-order valence-electron chi connectivity index (χ1n) is 7.60. The van der Waals surface area contributed by atoms with Crippen molar-refractivity contribution in [2.24, 2.45) is 5.41 Å². The minimum Gasteiger partial charge on any atom is -0.273 e. The second kappa shape index (κ2) is 5.13. The fraction of sp³-hybridized carbons (Fsp3) is 0.562. The van der Waals surface area contributed by atoms with Gasteiger partial charge in [-0.3, -0.25) is 4.79 Å². The summed E-state index contributed by atoms with van der Waals surface area (Å²) in [6, 6.07) is 6.71. The Labute approximate surface area is 126 Å². The van der Waals surface area contributed by atoms with E-state index in [-0.39, 0.29) is 10.8 Å². The molecule has 1 spiro atoms. The summed E-state index contributed by atoms with van der Waals surface area (Å²) in [5, 5.41) is 0. The fourth-order valence-corrected chi connectivity index (χ4v) is 5.03. The summed E-state index contributed by atoms with van der Waals surface area (Å²) in [5.74, 6) is -0.178. The molecule has 21 heavy (non-hydrogen) atoms. The Bertz CT molecular complexity index is 643. The molecule has 0 bridgehead atoms. The van der Waals surface area contributed by atoms with Crippen LogP contribution in [0.3, 0.4) is 0 Å². The molecule has 0 N–H and O–H groups in total. The number of nitrogens with zero attached hydrogens (tertiary/aromatic N) is 1. The molecular weight excluding hydrogens is 286 g/mol. The third kappa shape index (κ3) is 2.37. The minimum absolute atomic E-state index is 0.178. The predicted molar refractivity (Wildman–Crippen MR) is 80.2 cm³/mol. The van der Waals surface area contributed by atoms with E-state index < -0.39 is 15.4 Å². The largest absolute Gasteiger partial charge is 0.273 e. The molecule has 114 valence electrons. The first-order chi connectivity index (χ1) is 9.96. The highest BCUT2D eigenvalue weighted by molar-refractivity contribution is 7.89. The van der Waals surface area contributed by atoms with Crippen molar-refractivity contribution in [1.29, 1.82) is 0 Å². The summed E-state index contributed by atoms with van der Waals surface area (Å²) in [5.41, 5.74) is 0.598. The standard InChI is InChI=1S/C16H21NO3S/c1-13-5-7-14(8-6-13)21(19,20)17-12-11-16(15(17)18)9-3-2-4-10-16/h5-8H,2-4,9-12H2,1H3. The number of benzene rings is 1. The highest BCUT2D eigenvalue weighted by Gasteiger charge is 2.50. The van der Waals surface area contributed by atoms with E-state index in [9.17, 15) is 13.2 Å². The Hall–Kier alpha value is -1.36. The minimum atomic E-state index is -3.70. The van der Waals surface area contributed by atoms with Gasteiger partial charge in [0.25, 0.3) is 10.0 Å². The summed E-state index contributed by atoms with van der Waals surface area (Å²) in [6.07, 6.45) is 5.57. The molecule has 0 atom stereocenters. The zero-order valence-electron chi connectivity index (χ0n) is 12.3. The van der Waals surface area contributed by atoms with Crippen molar-refractivity contribution in [1.82, 2.24) is 4.31 Å². The lowest BCUT2D eigenvalue weighted by molar-refractivity contribution is -0.133. The lowest BCUT2D eigenvalue weighted by Crippen LogP contribution is -2.39. The van der Waals surface area contributed by atoms with E-state index in [0.717, 1.165) is 42.0 Å². The van der Waals surface area contributed by atoms with Gasteiger partial charge < -0.3 is 0 Å². The van der Waals surface area contributed by atoms with Crippen molar-refractivity contribution in [2.45, 2.75) is 50.3 Å². The lowest BCUT2D eigenvalue weighted by atomic mass is 9.73. The molecule has 0 radical (unpaired) electrons. The molecule has 0 aromatic heterocycles. The molecule has 1 aromatic rings. The number of amides is 1. The molecule has 3 rings (SSSR count). The number of hydrogen-bond acceptors (Lipinski definition) is 3. The van der Waals surface area contributed by atoms with Crippen LogP contribution in [0.15, 0.2) is 29.2 Å². The van der Waals surface area contributed by atoms with Gasteiger partial charge in [-0.1, -0.05) is 37.0 Å². The van der Waals surface area contributed by atoms with Gasteiger partial charge in [-0.15, -0.1) is 0 Å². The summed E-state index contributed by atoms with van der Waals surface area (Å²) < 4.78 is 26.5. The molecule has 1 aromatic carbocycles. The second-order valence-electron chi connectivity index (χ2n) is 6.29. The van der Waals surface area contributed by atoms with E-state index in [4.69, 9.17) is 0 Å². The maximum absolute atomic E-state index is 12.7. The zero-order chi connectivity index (χ0) is 15.1. The van der Waals surface area contributed by atoms with Gasteiger partial charge in [-0.25, -0.2) is 12.7 Å². The van der Waals surface area contributed by atoms with Gasteiger partial charge in [0.1, 0.15) is 0 Å². The van der Waals surface area contributed by atoms with E-state index in [2.05, 4.69) is 0 Å². The molecule has 5 heteroatoms. The Morgan fingerprint density at radius 1 is 1.00 bits per heavy atom. The van der Waals surface area contributed by atoms with Crippen LogP contribution in [0.1, 0.15) is 44.1 Å². The zero-order valence-corrected chi connectivity index (χ0v) is 13.2. The van der Waals surface area contributed by atoms with Gasteiger partial charge in [0, 0.05) is 6.54 Å². The van der Waals surface area contributed by atoms with Crippen molar-refractivity contribution in [2.75, 3.05) is 6.54 Å². The molecule has 1 saturated heterocycles. The molecule has 4 nitrogen and oxygen atoms in total. The highest BCUT2D eigenvalue weighted by Crippen LogP contribution is 2.46. The lowest BCUT2D eigenvalue weighted by Gasteiger charge is -2.31. The van der Waals surface area contributed by atoms with Crippen LogP contribution in [-0.4, -0.2) is 25.2 Å². The molecule has 2 aliphatic rings. The first-order valence-corrected chi connectivity index (χ1v) is 9.04. The maximum Gasteiger partial charge on any atom is 0.266 e. The van der Waals surface area contributed by atoms with Crippen molar-refractivity contribution >= 4 is 15.9 Å². The number of hydrogen-bond donors (Lipinski definition) is 0.